The summed E-state index contributed by atoms with van der Waals surface area (Å²) >= 11 is 7.65. The smallest absolute Gasteiger partial charge is 0.261 e. The first kappa shape index (κ1) is 22.3. The van der Waals surface area contributed by atoms with Gasteiger partial charge >= 0.3 is 0 Å². The van der Waals surface area contributed by atoms with Crippen molar-refractivity contribution in [3.05, 3.63) is 120 Å². The number of carbonyl (C=O) groups is 1. The average Bonchev–Trinajstić information content (AvgIpc) is 3.34. The second kappa shape index (κ2) is 9.49. The molecular weight excluding hydrogens is 488 g/mol. The van der Waals surface area contributed by atoms with Crippen LogP contribution in [-0.4, -0.2) is 20.9 Å². The van der Waals surface area contributed by atoms with Gasteiger partial charge in [-0.3, -0.25) is 14.7 Å². The summed E-state index contributed by atoms with van der Waals surface area (Å²) in [6, 6.07) is 30.7. The second-order valence-corrected chi connectivity index (χ2v) is 9.70. The Hall–Kier alpha value is -4.13. The van der Waals surface area contributed by atoms with E-state index in [-0.39, 0.29) is 12.5 Å². The predicted molar refractivity (Wildman–Crippen MR) is 147 cm³/mol. The maximum Gasteiger partial charge on any atom is 0.261 e. The van der Waals surface area contributed by atoms with Crippen molar-refractivity contribution in [2.75, 3.05) is 4.90 Å². The molecule has 0 aliphatic rings. The van der Waals surface area contributed by atoms with Crippen molar-refractivity contribution in [3.63, 3.8) is 0 Å². The van der Waals surface area contributed by atoms with Crippen molar-refractivity contribution in [2.45, 2.75) is 6.54 Å². The van der Waals surface area contributed by atoms with E-state index in [1.807, 2.05) is 91.0 Å². The van der Waals surface area contributed by atoms with E-state index in [9.17, 15) is 4.79 Å². The normalized spacial score (nSPS) is 11.1. The average molecular weight is 507 g/mol. The molecule has 7 heteroatoms. The van der Waals surface area contributed by atoms with Crippen LogP contribution in [0.5, 0.6) is 0 Å². The van der Waals surface area contributed by atoms with Crippen LogP contribution in [0.3, 0.4) is 0 Å². The quantitative estimate of drug-likeness (QED) is 0.244. The molecule has 3 aromatic carbocycles. The van der Waals surface area contributed by atoms with Crippen LogP contribution in [0.1, 0.15) is 16.1 Å². The Labute approximate surface area is 216 Å². The molecule has 1 amide bonds. The second-order valence-electron chi connectivity index (χ2n) is 8.26. The lowest BCUT2D eigenvalue weighted by Gasteiger charge is -2.21. The molecule has 0 saturated heterocycles. The fourth-order valence-electron chi connectivity index (χ4n) is 4.14. The Kier molecular flexibility index (Phi) is 5.89. The number of hydrogen-bond donors (Lipinski definition) is 0. The van der Waals surface area contributed by atoms with Crippen molar-refractivity contribution in [1.29, 1.82) is 0 Å². The van der Waals surface area contributed by atoms with Gasteiger partial charge in [-0.1, -0.05) is 77.5 Å². The number of anilines is 1. The van der Waals surface area contributed by atoms with Gasteiger partial charge in [0.05, 0.1) is 39.2 Å². The standard InChI is InChI=1S/C29H19ClN4OS/c30-20-13-14-25-27(16-20)36-29(33-25)34(18-21-10-6-7-15-31-21)28(35)23-17-26(19-8-2-1-3-9-19)32-24-12-5-4-11-22(23)24/h1-17H,18H2. The number of carbonyl (C=O) groups excluding carboxylic acids is 1. The van der Waals surface area contributed by atoms with Crippen molar-refractivity contribution in [1.82, 2.24) is 15.0 Å². The lowest BCUT2D eigenvalue weighted by Crippen LogP contribution is -2.31. The van der Waals surface area contributed by atoms with Gasteiger partial charge in [0.15, 0.2) is 5.13 Å². The van der Waals surface area contributed by atoms with Gasteiger partial charge in [0.25, 0.3) is 5.91 Å². The maximum absolute atomic E-state index is 14.3. The van der Waals surface area contributed by atoms with E-state index in [2.05, 4.69) is 4.98 Å². The molecule has 0 fully saturated rings. The largest absolute Gasteiger partial charge is 0.278 e. The van der Waals surface area contributed by atoms with E-state index in [1.165, 1.54) is 11.3 Å². The number of halogens is 1. The molecule has 0 atom stereocenters. The zero-order valence-corrected chi connectivity index (χ0v) is 20.6. The molecule has 3 heterocycles. The molecule has 6 rings (SSSR count). The molecule has 174 valence electrons. The molecule has 0 radical (unpaired) electrons. The van der Waals surface area contributed by atoms with Gasteiger partial charge in [0.1, 0.15) is 0 Å². The first-order valence-electron chi connectivity index (χ1n) is 11.4. The number of hydrogen-bond acceptors (Lipinski definition) is 5. The lowest BCUT2D eigenvalue weighted by atomic mass is 10.0. The van der Waals surface area contributed by atoms with Gasteiger partial charge in [-0.05, 0) is 42.5 Å². The Morgan fingerprint density at radius 3 is 2.47 bits per heavy atom. The van der Waals surface area contributed by atoms with Crippen molar-refractivity contribution in [3.8, 4) is 11.3 Å². The first-order valence-corrected chi connectivity index (χ1v) is 12.6. The molecule has 5 nitrogen and oxygen atoms in total. The third-order valence-corrected chi connectivity index (χ3v) is 7.15. The molecule has 0 saturated carbocycles. The van der Waals surface area contributed by atoms with E-state index >= 15 is 0 Å². The number of rotatable bonds is 5. The number of para-hydroxylation sites is 1. The highest BCUT2D eigenvalue weighted by Gasteiger charge is 2.25. The SMILES string of the molecule is O=C(c1cc(-c2ccccc2)nc2ccccc12)N(Cc1ccccn1)c1nc2ccc(Cl)cc2s1. The molecule has 6 aromatic rings. The Morgan fingerprint density at radius 1 is 0.833 bits per heavy atom. The van der Waals surface area contributed by atoms with E-state index < -0.39 is 0 Å². The molecule has 3 aromatic heterocycles. The van der Waals surface area contributed by atoms with Crippen LogP contribution < -0.4 is 4.90 Å². The van der Waals surface area contributed by atoms with Crippen LogP contribution in [-0.2, 0) is 6.54 Å². The Balaban J connectivity index is 1.52. The number of fused-ring (bicyclic) bond motifs is 2. The van der Waals surface area contributed by atoms with Crippen molar-refractivity contribution < 1.29 is 4.79 Å². The number of aromatic nitrogens is 3. The fourth-order valence-corrected chi connectivity index (χ4v) is 5.38. The number of nitrogens with zero attached hydrogens (tertiary/aromatic N) is 4. The predicted octanol–water partition coefficient (Wildman–Crippen LogP) is 7.41. The van der Waals surface area contributed by atoms with Crippen LogP contribution in [0, 0.1) is 0 Å². The third-order valence-electron chi connectivity index (χ3n) is 5.88. The number of amides is 1. The zero-order valence-electron chi connectivity index (χ0n) is 19.0. The summed E-state index contributed by atoms with van der Waals surface area (Å²) in [5.41, 5.74) is 4.58. The molecule has 0 unspecified atom stereocenters. The summed E-state index contributed by atoms with van der Waals surface area (Å²) in [6.45, 7) is 0.282. The van der Waals surface area contributed by atoms with E-state index in [0.29, 0.717) is 15.7 Å². The summed E-state index contributed by atoms with van der Waals surface area (Å²) < 4.78 is 0.917. The summed E-state index contributed by atoms with van der Waals surface area (Å²) in [5, 5.41) is 2.01. The Bertz CT molecular complexity index is 1700. The van der Waals surface area contributed by atoms with Crippen molar-refractivity contribution >= 4 is 55.1 Å². The molecular formula is C29H19ClN4OS. The van der Waals surface area contributed by atoms with Crippen LogP contribution in [0.25, 0.3) is 32.4 Å². The minimum atomic E-state index is -0.165. The monoisotopic (exact) mass is 506 g/mol. The van der Waals surface area contributed by atoms with Gasteiger partial charge in [0.2, 0.25) is 0 Å². The highest BCUT2D eigenvalue weighted by atomic mass is 35.5. The van der Waals surface area contributed by atoms with Gasteiger partial charge < -0.3 is 0 Å². The summed E-state index contributed by atoms with van der Waals surface area (Å²) in [6.07, 6.45) is 1.73. The molecule has 0 aliphatic carbocycles. The van der Waals surface area contributed by atoms with Crippen LogP contribution in [0.4, 0.5) is 5.13 Å². The van der Waals surface area contributed by atoms with Gasteiger partial charge in [-0.25, -0.2) is 9.97 Å². The topological polar surface area (TPSA) is 59.0 Å². The summed E-state index contributed by atoms with van der Waals surface area (Å²) in [4.78, 5) is 30.1. The highest BCUT2D eigenvalue weighted by Crippen LogP contribution is 2.34. The molecule has 0 aliphatic heterocycles. The summed E-state index contributed by atoms with van der Waals surface area (Å²) in [5.74, 6) is -0.165. The van der Waals surface area contributed by atoms with E-state index in [4.69, 9.17) is 21.6 Å². The number of thiazole rings is 1. The summed E-state index contributed by atoms with van der Waals surface area (Å²) in [7, 11) is 0. The van der Waals surface area contributed by atoms with Crippen LogP contribution >= 0.6 is 22.9 Å². The molecule has 0 N–H and O–H groups in total. The number of pyridine rings is 2. The van der Waals surface area contributed by atoms with Gasteiger partial charge in [0, 0.05) is 22.2 Å². The van der Waals surface area contributed by atoms with Crippen LogP contribution in [0.2, 0.25) is 5.02 Å². The maximum atomic E-state index is 14.3. The minimum Gasteiger partial charge on any atom is -0.278 e. The lowest BCUT2D eigenvalue weighted by molar-refractivity contribution is 0.0986. The molecule has 0 spiro atoms. The minimum absolute atomic E-state index is 0.165. The third kappa shape index (κ3) is 4.33. The first-order chi connectivity index (χ1) is 17.7. The van der Waals surface area contributed by atoms with Crippen LogP contribution in [0.15, 0.2) is 103 Å². The fraction of sp³-hybridized carbons (Fsp3) is 0.0345. The van der Waals surface area contributed by atoms with Gasteiger partial charge in [-0.15, -0.1) is 0 Å². The molecule has 36 heavy (non-hydrogen) atoms. The zero-order chi connectivity index (χ0) is 24.5. The van der Waals surface area contributed by atoms with Crippen molar-refractivity contribution in [2.24, 2.45) is 0 Å². The highest BCUT2D eigenvalue weighted by molar-refractivity contribution is 7.22. The Morgan fingerprint density at radius 2 is 1.64 bits per heavy atom. The van der Waals surface area contributed by atoms with E-state index in [1.54, 1.807) is 17.2 Å². The van der Waals surface area contributed by atoms with E-state index in [0.717, 1.165) is 38.1 Å². The van der Waals surface area contributed by atoms with Gasteiger partial charge in [-0.2, -0.15) is 0 Å². The molecule has 0 bridgehead atoms. The number of benzene rings is 3.